The number of hydrogen-bond donors (Lipinski definition) is 1. The van der Waals surface area contributed by atoms with Crippen molar-refractivity contribution in [2.75, 3.05) is 0 Å². The van der Waals surface area contributed by atoms with Crippen LogP contribution in [0.2, 0.25) is 0 Å². The van der Waals surface area contributed by atoms with Gasteiger partial charge >= 0.3 is 0 Å². The molecule has 1 N–H and O–H groups in total. The van der Waals surface area contributed by atoms with E-state index in [0.717, 1.165) is 24.1 Å². The number of nitrogens with one attached hydrogen (secondary N) is 1. The monoisotopic (exact) mass is 333 g/mol. The number of rotatable bonds is 5. The fourth-order valence-corrected chi connectivity index (χ4v) is 2.86. The molecule has 3 nitrogen and oxygen atoms in total. The van der Waals surface area contributed by atoms with Crippen molar-refractivity contribution >= 4 is 34.3 Å². The predicted octanol–water partition coefficient (Wildman–Crippen LogP) is 3.87. The van der Waals surface area contributed by atoms with E-state index in [9.17, 15) is 9.35 Å². The number of benzene rings is 1. The number of hydrogen-bond acceptors (Lipinski definition) is 3. The third-order valence-electron chi connectivity index (χ3n) is 2.90. The molecule has 0 saturated carbocycles. The maximum Gasteiger partial charge on any atom is 0.245 e. The fourth-order valence-electron chi connectivity index (χ4n) is 1.87. The fraction of sp³-hybridized carbons (Fsp3) is 0.118. The zero-order valence-corrected chi connectivity index (χ0v) is 13.4. The van der Waals surface area contributed by atoms with E-state index in [1.807, 2.05) is 24.3 Å². The molecule has 1 aromatic carbocycles. The van der Waals surface area contributed by atoms with Crippen LogP contribution in [0.25, 0.3) is 6.08 Å². The number of carbonyl (C=O) groups is 1. The molecule has 0 aromatic heterocycles. The van der Waals surface area contributed by atoms with Gasteiger partial charge in [-0.05, 0) is 54.3 Å². The van der Waals surface area contributed by atoms with E-state index in [4.69, 9.17) is 11.6 Å². The van der Waals surface area contributed by atoms with Gasteiger partial charge in [0.1, 0.15) is 11.4 Å². The summed E-state index contributed by atoms with van der Waals surface area (Å²) in [6.45, 7) is 0. The second kappa shape index (κ2) is 8.63. The van der Waals surface area contributed by atoms with Crippen molar-refractivity contribution in [3.63, 3.8) is 0 Å². The first-order chi connectivity index (χ1) is 10.6. The molecule has 1 unspecified atom stereocenters. The molecule has 22 heavy (non-hydrogen) atoms. The van der Waals surface area contributed by atoms with Crippen LogP contribution in [0, 0.1) is 0 Å². The Morgan fingerprint density at radius 2 is 2.09 bits per heavy atom. The van der Waals surface area contributed by atoms with Gasteiger partial charge in [-0.15, -0.1) is 0 Å². The highest BCUT2D eigenvalue weighted by molar-refractivity contribution is 7.89. The molecule has 0 saturated heterocycles. The van der Waals surface area contributed by atoms with E-state index in [0.29, 0.717) is 4.90 Å². The maximum absolute atomic E-state index is 12.4. The van der Waals surface area contributed by atoms with Gasteiger partial charge in [0.2, 0.25) is 5.24 Å². The normalized spacial score (nSPS) is 21.3. The summed E-state index contributed by atoms with van der Waals surface area (Å²) in [5.41, 5.74) is 1.60. The molecular formula is C17H16ClNO2S. The van der Waals surface area contributed by atoms with Crippen molar-refractivity contribution in [2.24, 2.45) is 0 Å². The van der Waals surface area contributed by atoms with Crippen LogP contribution in [-0.2, 0) is 16.2 Å². The first kappa shape index (κ1) is 16.6. The van der Waals surface area contributed by atoms with Crippen molar-refractivity contribution in [1.82, 2.24) is 4.72 Å². The maximum atomic E-state index is 12.4. The van der Waals surface area contributed by atoms with Gasteiger partial charge in [0.25, 0.3) is 0 Å². The summed E-state index contributed by atoms with van der Waals surface area (Å²) in [4.78, 5) is 11.4. The molecule has 0 amide bonds. The minimum absolute atomic E-state index is 0.539. The van der Waals surface area contributed by atoms with Gasteiger partial charge in [-0.1, -0.05) is 36.4 Å². The summed E-state index contributed by atoms with van der Waals surface area (Å²) in [5, 5.41) is -0.539. The molecule has 2 rings (SSSR count). The van der Waals surface area contributed by atoms with Crippen molar-refractivity contribution in [1.29, 1.82) is 0 Å². The lowest BCUT2D eigenvalue weighted by atomic mass is 10.2. The Hall–Kier alpha value is -1.75. The first-order valence-electron chi connectivity index (χ1n) is 6.83. The Morgan fingerprint density at radius 3 is 2.91 bits per heavy atom. The zero-order valence-electron chi connectivity index (χ0n) is 11.9. The molecule has 1 aliphatic rings. The van der Waals surface area contributed by atoms with E-state index < -0.39 is 16.6 Å². The second-order valence-electron chi connectivity index (χ2n) is 4.59. The summed E-state index contributed by atoms with van der Waals surface area (Å²) in [6.07, 6.45) is 14.6. The quantitative estimate of drug-likeness (QED) is 0.385. The highest BCUT2D eigenvalue weighted by atomic mass is 35.5. The van der Waals surface area contributed by atoms with Gasteiger partial charge in [0, 0.05) is 6.07 Å². The Morgan fingerprint density at radius 1 is 1.27 bits per heavy atom. The Labute approximate surface area is 138 Å². The summed E-state index contributed by atoms with van der Waals surface area (Å²) >= 11 is 3.90. The molecule has 0 heterocycles. The first-order valence-corrected chi connectivity index (χ1v) is 8.35. The van der Waals surface area contributed by atoms with Gasteiger partial charge in [0.15, 0.2) is 4.90 Å². The summed E-state index contributed by atoms with van der Waals surface area (Å²) in [7, 11) is 0. The van der Waals surface area contributed by atoms with Gasteiger partial charge in [-0.3, -0.25) is 4.79 Å². The standard InChI is InChI=1S/C17H16ClNO2S/c18-17(20)12-11-14-7-6-10-16(13-14)22(21)19-15-8-4-2-1-3-5-9-15/h1-2,5-13,19H,3-4H2/b2-1-,9-5-,12-11+,15-8+. The molecule has 5 heteroatoms. The average Bonchev–Trinajstić information content (AvgIpc) is 2.48. The van der Waals surface area contributed by atoms with Gasteiger partial charge in [0.05, 0.1) is 5.70 Å². The Kier molecular flexibility index (Phi) is 6.52. The average molecular weight is 334 g/mol. The van der Waals surface area contributed by atoms with E-state index in [2.05, 4.69) is 16.9 Å². The number of allylic oxidation sites excluding steroid dienone is 6. The lowest BCUT2D eigenvalue weighted by Crippen LogP contribution is -2.22. The molecule has 0 aliphatic heterocycles. The lowest BCUT2D eigenvalue weighted by molar-refractivity contribution is -0.107. The molecule has 0 spiro atoms. The smallest absolute Gasteiger partial charge is 0.245 e. The van der Waals surface area contributed by atoms with Crippen molar-refractivity contribution in [3.05, 3.63) is 72.0 Å². The zero-order chi connectivity index (χ0) is 15.8. The van der Waals surface area contributed by atoms with E-state index in [1.165, 1.54) is 6.08 Å². The Balaban J connectivity index is 2.09. The summed E-state index contributed by atoms with van der Waals surface area (Å²) in [6, 6.07) is 7.14. The van der Waals surface area contributed by atoms with E-state index >= 15 is 0 Å². The molecule has 0 fully saturated rings. The second-order valence-corrected chi connectivity index (χ2v) is 6.17. The van der Waals surface area contributed by atoms with Crippen molar-refractivity contribution in [3.8, 4) is 0 Å². The summed E-state index contributed by atoms with van der Waals surface area (Å²) in [5.74, 6) is 0. The van der Waals surface area contributed by atoms with Crippen LogP contribution >= 0.6 is 11.6 Å². The van der Waals surface area contributed by atoms with Crippen molar-refractivity contribution in [2.45, 2.75) is 17.7 Å². The largest absolute Gasteiger partial charge is 0.588 e. The SMILES string of the molecule is O=C(Cl)/C=C/c1cccc([S+]([O-])NC2=C/C/C=C\C/C=C\2)c1. The third-order valence-corrected chi connectivity index (χ3v) is 4.13. The molecular weight excluding hydrogens is 318 g/mol. The highest BCUT2D eigenvalue weighted by Crippen LogP contribution is 2.15. The minimum atomic E-state index is -1.36. The van der Waals surface area contributed by atoms with Crippen LogP contribution in [0.3, 0.4) is 0 Å². The molecule has 1 aromatic rings. The van der Waals surface area contributed by atoms with Gasteiger partial charge in [-0.25, -0.2) is 4.72 Å². The van der Waals surface area contributed by atoms with Crippen LogP contribution < -0.4 is 4.72 Å². The van der Waals surface area contributed by atoms with Crippen LogP contribution in [0.5, 0.6) is 0 Å². The van der Waals surface area contributed by atoms with Crippen LogP contribution in [0.1, 0.15) is 18.4 Å². The number of halogens is 1. The lowest BCUT2D eigenvalue weighted by Gasteiger charge is -2.13. The molecule has 114 valence electrons. The van der Waals surface area contributed by atoms with Crippen LogP contribution in [0.15, 0.2) is 71.3 Å². The van der Waals surface area contributed by atoms with Gasteiger partial charge in [-0.2, -0.15) is 0 Å². The summed E-state index contributed by atoms with van der Waals surface area (Å²) < 4.78 is 15.4. The topological polar surface area (TPSA) is 52.2 Å². The third kappa shape index (κ3) is 5.56. The molecule has 1 atom stereocenters. The van der Waals surface area contributed by atoms with Crippen LogP contribution in [0.4, 0.5) is 0 Å². The van der Waals surface area contributed by atoms with Gasteiger partial charge < -0.3 is 4.55 Å². The molecule has 0 bridgehead atoms. The highest BCUT2D eigenvalue weighted by Gasteiger charge is 2.12. The molecule has 0 radical (unpaired) electrons. The molecule has 1 aliphatic carbocycles. The number of carbonyl (C=O) groups excluding carboxylic acids is 1. The Bertz CT molecular complexity index is 650. The van der Waals surface area contributed by atoms with Crippen LogP contribution in [-0.4, -0.2) is 9.80 Å². The predicted molar refractivity (Wildman–Crippen MR) is 91.5 cm³/mol. The minimum Gasteiger partial charge on any atom is -0.588 e. The van der Waals surface area contributed by atoms with E-state index in [-0.39, 0.29) is 0 Å². The van der Waals surface area contributed by atoms with E-state index in [1.54, 1.807) is 24.3 Å². The van der Waals surface area contributed by atoms with Crippen molar-refractivity contribution < 1.29 is 9.35 Å².